The summed E-state index contributed by atoms with van der Waals surface area (Å²) >= 11 is 6.41. The van der Waals surface area contributed by atoms with Gasteiger partial charge in [-0.05, 0) is 48.6 Å². The number of benzene rings is 1. The van der Waals surface area contributed by atoms with Gasteiger partial charge in [0.15, 0.2) is 0 Å². The van der Waals surface area contributed by atoms with Crippen LogP contribution in [-0.2, 0) is 5.41 Å². The van der Waals surface area contributed by atoms with Crippen LogP contribution in [0.2, 0.25) is 5.02 Å². The van der Waals surface area contributed by atoms with Gasteiger partial charge in [-0.3, -0.25) is 4.98 Å². The fourth-order valence-electron chi connectivity index (χ4n) is 2.28. The number of rotatable bonds is 2. The molecule has 0 aliphatic carbocycles. The number of pyridine rings is 1. The molecule has 0 aliphatic heterocycles. The Bertz CT molecular complexity index is 693. The predicted molar refractivity (Wildman–Crippen MR) is 104 cm³/mol. The maximum Gasteiger partial charge on any atom is 0.0656 e. The standard InChI is InChI=1S/C19H22ClN.C2H6/c1-12(2)18-10-8-15(13(3)21-18)16-11-14(19(4,5)6)7-9-17(16)20;1-2/h7-11H,1H2,2-6H3;1-2H3. The summed E-state index contributed by atoms with van der Waals surface area (Å²) in [4.78, 5) is 4.62. The molecule has 0 spiro atoms. The van der Waals surface area contributed by atoms with Crippen LogP contribution >= 0.6 is 11.6 Å². The molecule has 0 N–H and O–H groups in total. The van der Waals surface area contributed by atoms with Crippen LogP contribution in [0.3, 0.4) is 0 Å². The Hall–Kier alpha value is -1.60. The molecule has 1 nitrogen and oxygen atoms in total. The highest BCUT2D eigenvalue weighted by molar-refractivity contribution is 6.33. The minimum Gasteiger partial charge on any atom is -0.253 e. The third-order valence-corrected chi connectivity index (χ3v) is 3.98. The van der Waals surface area contributed by atoms with Crippen LogP contribution in [0.25, 0.3) is 16.7 Å². The van der Waals surface area contributed by atoms with Gasteiger partial charge in [0.2, 0.25) is 0 Å². The Kier molecular flexibility index (Phi) is 6.58. The Morgan fingerprint density at radius 1 is 1.04 bits per heavy atom. The van der Waals surface area contributed by atoms with Crippen molar-refractivity contribution in [3.8, 4) is 11.1 Å². The SMILES string of the molecule is C=C(C)c1ccc(-c2cc(C(C)(C)C)ccc2Cl)c(C)n1.CC. The van der Waals surface area contributed by atoms with Crippen molar-refractivity contribution in [1.29, 1.82) is 0 Å². The van der Waals surface area contributed by atoms with Crippen LogP contribution in [0.5, 0.6) is 0 Å². The summed E-state index contributed by atoms with van der Waals surface area (Å²) in [6.07, 6.45) is 0. The maximum absolute atomic E-state index is 6.41. The molecular formula is C21H28ClN. The lowest BCUT2D eigenvalue weighted by Gasteiger charge is -2.21. The van der Waals surface area contributed by atoms with Crippen molar-refractivity contribution >= 4 is 17.2 Å². The van der Waals surface area contributed by atoms with E-state index in [0.717, 1.165) is 33.1 Å². The van der Waals surface area contributed by atoms with Crippen LogP contribution in [-0.4, -0.2) is 4.98 Å². The molecule has 0 unspecified atom stereocenters. The first-order chi connectivity index (χ1) is 10.7. The number of aryl methyl sites for hydroxylation is 1. The second kappa shape index (κ2) is 7.79. The Morgan fingerprint density at radius 2 is 1.65 bits per heavy atom. The van der Waals surface area contributed by atoms with E-state index in [4.69, 9.17) is 11.6 Å². The highest BCUT2D eigenvalue weighted by Gasteiger charge is 2.17. The largest absolute Gasteiger partial charge is 0.253 e. The molecule has 23 heavy (non-hydrogen) atoms. The molecule has 0 fully saturated rings. The minimum atomic E-state index is 0.0956. The van der Waals surface area contributed by atoms with Gasteiger partial charge in [0.25, 0.3) is 0 Å². The molecule has 1 heterocycles. The molecule has 2 aromatic rings. The van der Waals surface area contributed by atoms with Gasteiger partial charge in [0, 0.05) is 21.8 Å². The van der Waals surface area contributed by atoms with E-state index in [-0.39, 0.29) is 5.41 Å². The van der Waals surface area contributed by atoms with Crippen LogP contribution in [0.1, 0.15) is 58.5 Å². The lowest BCUT2D eigenvalue weighted by atomic mass is 9.85. The summed E-state index contributed by atoms with van der Waals surface area (Å²) in [7, 11) is 0. The Balaban J connectivity index is 0.00000127. The predicted octanol–water partition coefficient (Wildman–Crippen LogP) is 7.07. The number of allylic oxidation sites excluding steroid dienone is 1. The van der Waals surface area contributed by atoms with Crippen LogP contribution in [0.15, 0.2) is 36.9 Å². The van der Waals surface area contributed by atoms with Crippen molar-refractivity contribution in [3.05, 3.63) is 58.9 Å². The van der Waals surface area contributed by atoms with E-state index in [1.165, 1.54) is 5.56 Å². The summed E-state index contributed by atoms with van der Waals surface area (Å²) in [5.74, 6) is 0. The van der Waals surface area contributed by atoms with Crippen molar-refractivity contribution in [1.82, 2.24) is 4.98 Å². The first kappa shape index (κ1) is 19.4. The molecule has 2 heteroatoms. The van der Waals surface area contributed by atoms with Crippen molar-refractivity contribution in [2.24, 2.45) is 0 Å². The lowest BCUT2D eigenvalue weighted by molar-refractivity contribution is 0.590. The third-order valence-electron chi connectivity index (χ3n) is 3.65. The van der Waals surface area contributed by atoms with E-state index < -0.39 is 0 Å². The Labute approximate surface area is 146 Å². The summed E-state index contributed by atoms with van der Waals surface area (Å²) in [5.41, 5.74) is 6.36. The molecule has 0 radical (unpaired) electrons. The summed E-state index contributed by atoms with van der Waals surface area (Å²) < 4.78 is 0. The molecule has 2 rings (SSSR count). The van der Waals surface area contributed by atoms with Gasteiger partial charge in [-0.1, -0.05) is 64.9 Å². The highest BCUT2D eigenvalue weighted by atomic mass is 35.5. The fourth-order valence-corrected chi connectivity index (χ4v) is 2.50. The smallest absolute Gasteiger partial charge is 0.0656 e. The van der Waals surface area contributed by atoms with Crippen LogP contribution < -0.4 is 0 Å². The number of aromatic nitrogens is 1. The molecule has 1 aromatic heterocycles. The molecule has 0 bridgehead atoms. The zero-order valence-corrected chi connectivity index (χ0v) is 16.2. The zero-order chi connectivity index (χ0) is 17.8. The first-order valence-corrected chi connectivity index (χ1v) is 8.52. The zero-order valence-electron chi connectivity index (χ0n) is 15.4. The van der Waals surface area contributed by atoms with Gasteiger partial charge in [-0.15, -0.1) is 0 Å². The number of hydrogen-bond donors (Lipinski definition) is 0. The van der Waals surface area contributed by atoms with Crippen molar-refractivity contribution in [3.63, 3.8) is 0 Å². The molecule has 0 amide bonds. The highest BCUT2D eigenvalue weighted by Crippen LogP contribution is 2.34. The van der Waals surface area contributed by atoms with Gasteiger partial charge in [-0.2, -0.15) is 0 Å². The van der Waals surface area contributed by atoms with Crippen molar-refractivity contribution in [2.75, 3.05) is 0 Å². The molecule has 1 aromatic carbocycles. The average molecular weight is 330 g/mol. The number of halogens is 1. The summed E-state index contributed by atoms with van der Waals surface area (Å²) in [6.45, 7) is 18.5. The molecule has 124 valence electrons. The van der Waals surface area contributed by atoms with E-state index in [0.29, 0.717) is 0 Å². The first-order valence-electron chi connectivity index (χ1n) is 8.14. The topological polar surface area (TPSA) is 12.9 Å². The lowest BCUT2D eigenvalue weighted by Crippen LogP contribution is -2.11. The van der Waals surface area contributed by atoms with E-state index in [1.54, 1.807) is 0 Å². The minimum absolute atomic E-state index is 0.0956. The van der Waals surface area contributed by atoms with E-state index in [2.05, 4.69) is 50.5 Å². The molecule has 0 aliphatic rings. The van der Waals surface area contributed by atoms with Crippen molar-refractivity contribution < 1.29 is 0 Å². The summed E-state index contributed by atoms with van der Waals surface area (Å²) in [6, 6.07) is 10.3. The van der Waals surface area contributed by atoms with Gasteiger partial charge in [0.1, 0.15) is 0 Å². The molecular weight excluding hydrogens is 302 g/mol. The van der Waals surface area contributed by atoms with Gasteiger partial charge < -0.3 is 0 Å². The fraction of sp³-hybridized carbons (Fsp3) is 0.381. The van der Waals surface area contributed by atoms with Gasteiger partial charge in [0.05, 0.1) is 5.69 Å². The normalized spacial score (nSPS) is 10.8. The number of hydrogen-bond acceptors (Lipinski definition) is 1. The molecule has 0 saturated carbocycles. The Morgan fingerprint density at radius 3 is 2.13 bits per heavy atom. The van der Waals surface area contributed by atoms with Gasteiger partial charge >= 0.3 is 0 Å². The summed E-state index contributed by atoms with van der Waals surface area (Å²) in [5, 5.41) is 0.760. The monoisotopic (exact) mass is 329 g/mol. The third kappa shape index (κ3) is 4.68. The van der Waals surface area contributed by atoms with Crippen LogP contribution in [0, 0.1) is 6.92 Å². The number of nitrogens with zero attached hydrogens (tertiary/aromatic N) is 1. The van der Waals surface area contributed by atoms with Crippen molar-refractivity contribution in [2.45, 2.75) is 53.9 Å². The molecule has 0 atom stereocenters. The van der Waals surface area contributed by atoms with E-state index in [1.807, 2.05) is 39.8 Å². The van der Waals surface area contributed by atoms with Gasteiger partial charge in [-0.25, -0.2) is 0 Å². The van der Waals surface area contributed by atoms with Crippen LogP contribution in [0.4, 0.5) is 0 Å². The maximum atomic E-state index is 6.41. The average Bonchev–Trinajstić information content (AvgIpc) is 2.49. The quantitative estimate of drug-likeness (QED) is 0.574. The second-order valence-corrected chi connectivity index (χ2v) is 6.96. The molecule has 0 saturated heterocycles. The van der Waals surface area contributed by atoms with E-state index >= 15 is 0 Å². The van der Waals surface area contributed by atoms with E-state index in [9.17, 15) is 0 Å². The second-order valence-electron chi connectivity index (χ2n) is 6.55.